The van der Waals surface area contributed by atoms with Crippen LogP contribution in [0.4, 0.5) is 0 Å². The number of benzene rings is 1. The minimum atomic E-state index is -0.162. The molecule has 0 radical (unpaired) electrons. The van der Waals surface area contributed by atoms with Crippen molar-refractivity contribution in [3.8, 4) is 11.8 Å². The van der Waals surface area contributed by atoms with Crippen molar-refractivity contribution in [1.82, 2.24) is 20.2 Å². The molecule has 0 aliphatic heterocycles. The Morgan fingerprint density at radius 1 is 1.22 bits per heavy atom. The molecule has 0 fully saturated rings. The van der Waals surface area contributed by atoms with Gasteiger partial charge in [-0.3, -0.25) is 9.78 Å². The molecule has 2 N–H and O–H groups in total. The number of nitrogens with one attached hydrogen (secondary N) is 2. The summed E-state index contributed by atoms with van der Waals surface area (Å²) in [5.74, 6) is 6.08. The summed E-state index contributed by atoms with van der Waals surface area (Å²) in [6, 6.07) is 12.2. The number of aromatic nitrogens is 2. The first-order valence-corrected chi connectivity index (χ1v) is 9.09. The number of carbonyl (C=O) groups excluding carboxylic acids is 1. The monoisotopic (exact) mass is 360 g/mol. The first-order valence-electron chi connectivity index (χ1n) is 9.09. The van der Waals surface area contributed by atoms with E-state index in [1.807, 2.05) is 20.0 Å². The summed E-state index contributed by atoms with van der Waals surface area (Å²) in [5.41, 5.74) is 4.81. The highest BCUT2D eigenvalue weighted by atomic mass is 16.1. The van der Waals surface area contributed by atoms with Crippen LogP contribution in [0.25, 0.3) is 10.9 Å². The number of fused-ring (bicyclic) bond motifs is 1. The van der Waals surface area contributed by atoms with Crippen molar-refractivity contribution in [3.63, 3.8) is 0 Å². The Labute approximate surface area is 159 Å². The minimum Gasteiger partial charge on any atom is -0.341 e. The highest BCUT2D eigenvalue weighted by molar-refractivity contribution is 5.94. The summed E-state index contributed by atoms with van der Waals surface area (Å²) in [5, 5.41) is 7.17. The SMILES string of the molecule is CCn1c(C#CCNC(=O)c2ccc(C)nc2)cc2cc(CNC)ccc21. The van der Waals surface area contributed by atoms with Crippen molar-refractivity contribution in [2.24, 2.45) is 0 Å². The largest absolute Gasteiger partial charge is 0.341 e. The summed E-state index contributed by atoms with van der Waals surface area (Å²) in [7, 11) is 1.94. The van der Waals surface area contributed by atoms with Gasteiger partial charge in [-0.25, -0.2) is 0 Å². The molecule has 2 heterocycles. The van der Waals surface area contributed by atoms with Crippen LogP contribution in [0.1, 0.15) is 34.2 Å². The second-order valence-corrected chi connectivity index (χ2v) is 6.37. The second-order valence-electron chi connectivity index (χ2n) is 6.37. The fourth-order valence-electron chi connectivity index (χ4n) is 3.04. The van der Waals surface area contributed by atoms with Crippen LogP contribution in [0.15, 0.2) is 42.6 Å². The van der Waals surface area contributed by atoms with Crippen molar-refractivity contribution >= 4 is 16.8 Å². The van der Waals surface area contributed by atoms with Gasteiger partial charge < -0.3 is 15.2 Å². The van der Waals surface area contributed by atoms with Gasteiger partial charge in [-0.15, -0.1) is 0 Å². The summed E-state index contributed by atoms with van der Waals surface area (Å²) in [6.45, 7) is 5.98. The van der Waals surface area contributed by atoms with E-state index in [4.69, 9.17) is 0 Å². The van der Waals surface area contributed by atoms with Gasteiger partial charge in [-0.2, -0.15) is 0 Å². The molecular weight excluding hydrogens is 336 g/mol. The van der Waals surface area contributed by atoms with E-state index in [2.05, 4.69) is 63.2 Å². The van der Waals surface area contributed by atoms with E-state index < -0.39 is 0 Å². The van der Waals surface area contributed by atoms with Crippen molar-refractivity contribution < 1.29 is 4.79 Å². The number of hydrogen-bond donors (Lipinski definition) is 2. The average Bonchev–Trinajstić information content (AvgIpc) is 3.02. The maximum atomic E-state index is 12.1. The maximum Gasteiger partial charge on any atom is 0.253 e. The highest BCUT2D eigenvalue weighted by Gasteiger charge is 2.07. The molecule has 0 atom stereocenters. The number of rotatable bonds is 5. The number of aryl methyl sites for hydroxylation is 2. The Morgan fingerprint density at radius 3 is 2.78 bits per heavy atom. The van der Waals surface area contributed by atoms with Gasteiger partial charge in [0.05, 0.1) is 17.8 Å². The van der Waals surface area contributed by atoms with E-state index >= 15 is 0 Å². The van der Waals surface area contributed by atoms with E-state index in [0.29, 0.717) is 12.1 Å². The molecule has 0 aliphatic carbocycles. The van der Waals surface area contributed by atoms with Crippen LogP contribution in [0.3, 0.4) is 0 Å². The molecule has 0 saturated carbocycles. The summed E-state index contributed by atoms with van der Waals surface area (Å²) in [4.78, 5) is 16.2. The summed E-state index contributed by atoms with van der Waals surface area (Å²) < 4.78 is 2.19. The molecule has 1 aromatic carbocycles. The maximum absolute atomic E-state index is 12.1. The second kappa shape index (κ2) is 8.52. The normalized spacial score (nSPS) is 10.5. The molecule has 0 unspecified atom stereocenters. The highest BCUT2D eigenvalue weighted by Crippen LogP contribution is 2.21. The predicted octanol–water partition coefficient (Wildman–Crippen LogP) is 2.87. The summed E-state index contributed by atoms with van der Waals surface area (Å²) >= 11 is 0. The molecule has 1 amide bonds. The lowest BCUT2D eigenvalue weighted by Crippen LogP contribution is -2.23. The topological polar surface area (TPSA) is 59.0 Å². The lowest BCUT2D eigenvalue weighted by molar-refractivity contribution is 0.0958. The lowest BCUT2D eigenvalue weighted by atomic mass is 10.1. The quantitative estimate of drug-likeness (QED) is 0.688. The lowest BCUT2D eigenvalue weighted by Gasteiger charge is -2.04. The van der Waals surface area contributed by atoms with Crippen LogP contribution in [0.5, 0.6) is 0 Å². The molecular formula is C22H24N4O. The summed E-state index contributed by atoms with van der Waals surface area (Å²) in [6.07, 6.45) is 1.58. The third-order valence-electron chi connectivity index (χ3n) is 4.39. The molecule has 0 bridgehead atoms. The van der Waals surface area contributed by atoms with Gasteiger partial charge in [0.2, 0.25) is 0 Å². The molecule has 0 aliphatic rings. The van der Waals surface area contributed by atoms with E-state index in [1.54, 1.807) is 12.3 Å². The standard InChI is InChI=1S/C22H24N4O/c1-4-26-20(13-19-12-17(14-23-3)8-10-21(19)26)6-5-11-24-22(27)18-9-7-16(2)25-15-18/h7-10,12-13,15,23H,4,11,14H2,1-3H3,(H,24,27). The van der Waals surface area contributed by atoms with Crippen LogP contribution in [-0.4, -0.2) is 29.1 Å². The van der Waals surface area contributed by atoms with Crippen LogP contribution < -0.4 is 10.6 Å². The first kappa shape index (κ1) is 18.7. The number of nitrogens with zero attached hydrogens (tertiary/aromatic N) is 2. The van der Waals surface area contributed by atoms with Gasteiger partial charge in [0.1, 0.15) is 0 Å². The molecule has 0 spiro atoms. The molecule has 27 heavy (non-hydrogen) atoms. The zero-order chi connectivity index (χ0) is 19.2. The van der Waals surface area contributed by atoms with E-state index in [0.717, 1.165) is 24.5 Å². The molecule has 5 heteroatoms. The minimum absolute atomic E-state index is 0.162. The van der Waals surface area contributed by atoms with Crippen molar-refractivity contribution in [2.75, 3.05) is 13.6 Å². The third-order valence-corrected chi connectivity index (χ3v) is 4.39. The Hall–Kier alpha value is -3.10. The number of carbonyl (C=O) groups is 1. The Kier molecular flexibility index (Phi) is 5.90. The van der Waals surface area contributed by atoms with Crippen molar-refractivity contribution in [1.29, 1.82) is 0 Å². The number of pyridine rings is 1. The fraction of sp³-hybridized carbons (Fsp3) is 0.273. The molecule has 2 aromatic heterocycles. The van der Waals surface area contributed by atoms with Crippen molar-refractivity contribution in [3.05, 3.63) is 65.1 Å². The van der Waals surface area contributed by atoms with Gasteiger partial charge in [-0.05, 0) is 62.7 Å². The molecule has 3 aromatic rings. The van der Waals surface area contributed by atoms with Gasteiger partial charge in [0.25, 0.3) is 5.91 Å². The Morgan fingerprint density at radius 2 is 2.07 bits per heavy atom. The zero-order valence-electron chi connectivity index (χ0n) is 16.0. The van der Waals surface area contributed by atoms with Gasteiger partial charge in [-0.1, -0.05) is 12.0 Å². The van der Waals surface area contributed by atoms with Crippen LogP contribution in [-0.2, 0) is 13.1 Å². The molecule has 3 rings (SSSR count). The van der Waals surface area contributed by atoms with Gasteiger partial charge in [0.15, 0.2) is 0 Å². The van der Waals surface area contributed by atoms with Crippen LogP contribution >= 0.6 is 0 Å². The molecule has 5 nitrogen and oxygen atoms in total. The predicted molar refractivity (Wildman–Crippen MR) is 109 cm³/mol. The molecule has 138 valence electrons. The number of amides is 1. The average molecular weight is 360 g/mol. The molecule has 0 saturated heterocycles. The van der Waals surface area contributed by atoms with Crippen molar-refractivity contribution in [2.45, 2.75) is 26.9 Å². The smallest absolute Gasteiger partial charge is 0.253 e. The van der Waals surface area contributed by atoms with E-state index in [9.17, 15) is 4.79 Å². The zero-order valence-corrected chi connectivity index (χ0v) is 16.0. The third kappa shape index (κ3) is 4.36. The van der Waals surface area contributed by atoms with E-state index in [1.165, 1.54) is 16.5 Å². The Balaban J connectivity index is 1.72. The van der Waals surface area contributed by atoms with Gasteiger partial charge >= 0.3 is 0 Å². The van der Waals surface area contributed by atoms with Crippen LogP contribution in [0.2, 0.25) is 0 Å². The van der Waals surface area contributed by atoms with Crippen LogP contribution in [0, 0.1) is 18.8 Å². The number of hydrogen-bond acceptors (Lipinski definition) is 3. The van der Waals surface area contributed by atoms with Gasteiger partial charge in [0, 0.05) is 35.9 Å². The fourth-order valence-corrected chi connectivity index (χ4v) is 3.04. The van der Waals surface area contributed by atoms with E-state index in [-0.39, 0.29) is 5.91 Å². The first-order chi connectivity index (χ1) is 13.1. The Bertz CT molecular complexity index is 1010.